The van der Waals surface area contributed by atoms with Gasteiger partial charge < -0.3 is 4.57 Å². The molecular weight excluding hydrogens is 250 g/mol. The summed E-state index contributed by atoms with van der Waals surface area (Å²) in [6.07, 6.45) is 1.67. The first kappa shape index (κ1) is 11.0. The summed E-state index contributed by atoms with van der Waals surface area (Å²) in [7, 11) is 1.92. The maximum Gasteiger partial charge on any atom is 0.150 e. The van der Waals surface area contributed by atoms with E-state index in [1.807, 2.05) is 23.9 Å². The molecule has 80 valence electrons. The Morgan fingerprint density at radius 2 is 2.40 bits per heavy atom. The smallest absolute Gasteiger partial charge is 0.150 e. The molecule has 2 heterocycles. The van der Waals surface area contributed by atoms with E-state index in [1.54, 1.807) is 29.3 Å². The van der Waals surface area contributed by atoms with Gasteiger partial charge in [0.2, 0.25) is 0 Å². The Labute approximate surface area is 102 Å². The van der Waals surface area contributed by atoms with Crippen molar-refractivity contribution < 1.29 is 0 Å². The van der Waals surface area contributed by atoms with Crippen molar-refractivity contribution in [1.82, 2.24) is 14.5 Å². The monoisotopic (exact) mass is 259 g/mol. The predicted octanol–water partition coefficient (Wildman–Crippen LogP) is 3.13. The lowest BCUT2D eigenvalue weighted by Crippen LogP contribution is -1.95. The molecule has 0 aromatic carbocycles. The molecule has 2 aromatic heterocycles. The average molecular weight is 260 g/mol. The van der Waals surface area contributed by atoms with Crippen LogP contribution in [0.15, 0.2) is 15.9 Å². The van der Waals surface area contributed by atoms with Gasteiger partial charge in [0.05, 0.1) is 11.9 Å². The number of rotatable bonds is 3. The lowest BCUT2D eigenvalue weighted by atomic mass is 10.6. The fourth-order valence-electron chi connectivity index (χ4n) is 1.08. The minimum absolute atomic E-state index is 0.668. The normalized spacial score (nSPS) is 10.9. The van der Waals surface area contributed by atoms with Gasteiger partial charge in [-0.1, -0.05) is 23.4 Å². The van der Waals surface area contributed by atoms with Crippen LogP contribution in [-0.2, 0) is 12.8 Å². The van der Waals surface area contributed by atoms with Crippen LogP contribution in [0.3, 0.4) is 0 Å². The molecule has 0 spiro atoms. The van der Waals surface area contributed by atoms with E-state index in [2.05, 4.69) is 9.97 Å². The molecule has 0 saturated heterocycles. The number of aryl methyl sites for hydroxylation is 1. The first-order valence-electron chi connectivity index (χ1n) is 4.38. The summed E-state index contributed by atoms with van der Waals surface area (Å²) in [6.45, 7) is 2.00. The molecule has 0 bridgehead atoms. The van der Waals surface area contributed by atoms with Crippen LogP contribution < -0.4 is 0 Å². The maximum atomic E-state index is 5.89. The first-order valence-corrected chi connectivity index (χ1v) is 6.62. The highest BCUT2D eigenvalue weighted by Crippen LogP contribution is 2.26. The molecule has 0 N–H and O–H groups in total. The van der Waals surface area contributed by atoms with E-state index < -0.39 is 0 Å². The van der Waals surface area contributed by atoms with Gasteiger partial charge in [-0.3, -0.25) is 0 Å². The minimum atomic E-state index is 0.668. The molecule has 0 amide bonds. The third-order valence-electron chi connectivity index (χ3n) is 1.95. The number of thiazole rings is 1. The lowest BCUT2D eigenvalue weighted by Gasteiger charge is -1.99. The number of nitrogens with zero attached hydrogens (tertiary/aromatic N) is 3. The second-order valence-corrected chi connectivity index (χ2v) is 5.57. The Morgan fingerprint density at radius 1 is 1.60 bits per heavy atom. The van der Waals surface area contributed by atoms with Gasteiger partial charge in [0.25, 0.3) is 0 Å². The number of imidazole rings is 1. The fourth-order valence-corrected chi connectivity index (χ4v) is 3.07. The second kappa shape index (κ2) is 4.55. The van der Waals surface area contributed by atoms with Crippen LogP contribution in [0, 0.1) is 6.92 Å². The van der Waals surface area contributed by atoms with Gasteiger partial charge in [0.15, 0.2) is 4.34 Å². The number of halogens is 1. The van der Waals surface area contributed by atoms with Crippen molar-refractivity contribution in [2.75, 3.05) is 0 Å². The zero-order valence-corrected chi connectivity index (χ0v) is 10.8. The quantitative estimate of drug-likeness (QED) is 0.794. The maximum absolute atomic E-state index is 5.89. The number of thioether (sulfide) groups is 1. The third kappa shape index (κ3) is 2.53. The van der Waals surface area contributed by atoms with Gasteiger partial charge >= 0.3 is 0 Å². The van der Waals surface area contributed by atoms with E-state index in [1.165, 1.54) is 0 Å². The van der Waals surface area contributed by atoms with E-state index in [4.69, 9.17) is 11.6 Å². The zero-order valence-electron chi connectivity index (χ0n) is 8.40. The molecule has 0 fully saturated rings. The minimum Gasteiger partial charge on any atom is -0.322 e. The van der Waals surface area contributed by atoms with Crippen LogP contribution in [0.5, 0.6) is 0 Å². The molecule has 0 atom stereocenters. The summed E-state index contributed by atoms with van der Waals surface area (Å²) in [4.78, 5) is 8.60. The topological polar surface area (TPSA) is 30.7 Å². The Balaban J connectivity index is 2.02. The summed E-state index contributed by atoms with van der Waals surface area (Å²) in [5, 5.41) is 2.72. The molecular formula is C9H10ClN3S2. The first-order chi connectivity index (χ1) is 7.16. The van der Waals surface area contributed by atoms with Crippen LogP contribution >= 0.6 is 34.7 Å². The molecule has 15 heavy (non-hydrogen) atoms. The van der Waals surface area contributed by atoms with Crippen molar-refractivity contribution in [3.8, 4) is 0 Å². The number of hydrogen-bond acceptors (Lipinski definition) is 4. The lowest BCUT2D eigenvalue weighted by molar-refractivity contribution is 0.850. The highest BCUT2D eigenvalue weighted by Gasteiger charge is 2.06. The van der Waals surface area contributed by atoms with Gasteiger partial charge in [-0.2, -0.15) is 0 Å². The molecule has 2 rings (SSSR count). The van der Waals surface area contributed by atoms with Crippen molar-refractivity contribution in [2.24, 2.45) is 7.05 Å². The van der Waals surface area contributed by atoms with Crippen molar-refractivity contribution >= 4 is 34.7 Å². The average Bonchev–Trinajstić information content (AvgIpc) is 2.74. The SMILES string of the molecule is Cc1csc(SCc2ncc(Cl)n2C)n1. The van der Waals surface area contributed by atoms with Crippen LogP contribution in [0.2, 0.25) is 5.15 Å². The highest BCUT2D eigenvalue weighted by atomic mass is 35.5. The van der Waals surface area contributed by atoms with Gasteiger partial charge in [0.1, 0.15) is 11.0 Å². The largest absolute Gasteiger partial charge is 0.322 e. The Kier molecular flexibility index (Phi) is 3.33. The molecule has 6 heteroatoms. The number of hydrogen-bond donors (Lipinski definition) is 0. The zero-order chi connectivity index (χ0) is 10.8. The van der Waals surface area contributed by atoms with Gasteiger partial charge in [-0.05, 0) is 6.92 Å². The summed E-state index contributed by atoms with van der Waals surface area (Å²) < 4.78 is 2.96. The molecule has 0 aliphatic heterocycles. The standard InChI is InChI=1S/C9H10ClN3S2/c1-6-4-14-9(12-6)15-5-8-11-3-7(10)13(8)2/h3-4H,5H2,1-2H3. The molecule has 2 aromatic rings. The molecule has 0 unspecified atom stereocenters. The van der Waals surface area contributed by atoms with Gasteiger partial charge in [-0.25, -0.2) is 9.97 Å². The summed E-state index contributed by atoms with van der Waals surface area (Å²) >= 11 is 9.24. The summed E-state index contributed by atoms with van der Waals surface area (Å²) in [5.74, 6) is 1.77. The van der Waals surface area contributed by atoms with Crippen molar-refractivity contribution in [2.45, 2.75) is 17.0 Å². The van der Waals surface area contributed by atoms with E-state index in [9.17, 15) is 0 Å². The van der Waals surface area contributed by atoms with E-state index >= 15 is 0 Å². The van der Waals surface area contributed by atoms with E-state index in [0.29, 0.717) is 5.15 Å². The van der Waals surface area contributed by atoms with Crippen LogP contribution in [0.4, 0.5) is 0 Å². The fraction of sp³-hybridized carbons (Fsp3) is 0.333. The molecule has 0 aliphatic rings. The Bertz CT molecular complexity index is 464. The predicted molar refractivity (Wildman–Crippen MR) is 64.6 cm³/mol. The van der Waals surface area contributed by atoms with E-state index in [-0.39, 0.29) is 0 Å². The van der Waals surface area contributed by atoms with Crippen molar-refractivity contribution in [1.29, 1.82) is 0 Å². The molecule has 0 saturated carbocycles. The van der Waals surface area contributed by atoms with E-state index in [0.717, 1.165) is 21.6 Å². The van der Waals surface area contributed by atoms with Gasteiger partial charge in [0, 0.05) is 18.1 Å². The molecule has 0 aliphatic carbocycles. The molecule has 0 radical (unpaired) electrons. The van der Waals surface area contributed by atoms with Gasteiger partial charge in [-0.15, -0.1) is 11.3 Å². The number of aromatic nitrogens is 3. The van der Waals surface area contributed by atoms with Crippen LogP contribution in [-0.4, -0.2) is 14.5 Å². The van der Waals surface area contributed by atoms with Crippen LogP contribution in [0.25, 0.3) is 0 Å². The third-order valence-corrected chi connectivity index (χ3v) is 4.44. The van der Waals surface area contributed by atoms with Crippen molar-refractivity contribution in [3.05, 3.63) is 28.2 Å². The Hall–Kier alpha value is -0.520. The Morgan fingerprint density at radius 3 is 2.93 bits per heavy atom. The highest BCUT2D eigenvalue weighted by molar-refractivity contribution is 8.00. The van der Waals surface area contributed by atoms with Crippen molar-refractivity contribution in [3.63, 3.8) is 0 Å². The summed E-state index contributed by atoms with van der Waals surface area (Å²) in [6, 6.07) is 0. The second-order valence-electron chi connectivity index (χ2n) is 3.10. The molecule has 3 nitrogen and oxygen atoms in total. The van der Waals surface area contributed by atoms with Crippen LogP contribution in [0.1, 0.15) is 11.5 Å². The summed E-state index contributed by atoms with van der Waals surface area (Å²) in [5.41, 5.74) is 1.07.